The molecule has 2 aromatic rings. The summed E-state index contributed by atoms with van der Waals surface area (Å²) in [6, 6.07) is 18.0. The van der Waals surface area contributed by atoms with Crippen molar-refractivity contribution in [2.24, 2.45) is 0 Å². The van der Waals surface area contributed by atoms with Gasteiger partial charge in [0.25, 0.3) is 0 Å². The number of ether oxygens (including phenoxy) is 1. The second-order valence-corrected chi connectivity index (χ2v) is 5.03. The lowest BCUT2D eigenvalue weighted by Crippen LogP contribution is -2.16. The van der Waals surface area contributed by atoms with Gasteiger partial charge in [0.2, 0.25) is 0 Å². The molecule has 19 heavy (non-hydrogen) atoms. The van der Waals surface area contributed by atoms with Crippen LogP contribution in [-0.2, 0) is 0 Å². The highest BCUT2D eigenvalue weighted by Gasteiger charge is 2.23. The van der Waals surface area contributed by atoms with Gasteiger partial charge in [0.05, 0.1) is 12.7 Å². The van der Waals surface area contributed by atoms with E-state index in [0.29, 0.717) is 5.92 Å². The van der Waals surface area contributed by atoms with Crippen molar-refractivity contribution in [3.8, 4) is 5.75 Å². The Kier molecular flexibility index (Phi) is 3.51. The van der Waals surface area contributed by atoms with E-state index >= 15 is 0 Å². The van der Waals surface area contributed by atoms with Gasteiger partial charge in [-0.15, -0.1) is 0 Å². The van der Waals surface area contributed by atoms with Gasteiger partial charge in [-0.2, -0.15) is 0 Å². The Morgan fingerprint density at radius 2 is 1.79 bits per heavy atom. The monoisotopic (exact) mass is 254 g/mol. The van der Waals surface area contributed by atoms with Crippen LogP contribution in [-0.4, -0.2) is 11.7 Å². The van der Waals surface area contributed by atoms with Crippen molar-refractivity contribution in [2.75, 3.05) is 6.61 Å². The minimum Gasteiger partial charge on any atom is -0.493 e. The third kappa shape index (κ3) is 2.64. The average Bonchev–Trinajstić information content (AvgIpc) is 2.48. The number of benzene rings is 2. The summed E-state index contributed by atoms with van der Waals surface area (Å²) in [5, 5.41) is 10.4. The summed E-state index contributed by atoms with van der Waals surface area (Å²) in [5.74, 6) is 1.35. The number of aliphatic hydroxyl groups excluding tert-OH is 1. The van der Waals surface area contributed by atoms with E-state index in [1.807, 2.05) is 48.5 Å². The van der Waals surface area contributed by atoms with E-state index in [1.165, 1.54) is 5.56 Å². The number of hydrogen-bond donors (Lipinski definition) is 1. The van der Waals surface area contributed by atoms with Crippen LogP contribution in [0.5, 0.6) is 5.75 Å². The van der Waals surface area contributed by atoms with Crippen LogP contribution >= 0.6 is 0 Å². The van der Waals surface area contributed by atoms with E-state index in [-0.39, 0.29) is 0 Å². The van der Waals surface area contributed by atoms with E-state index in [9.17, 15) is 5.11 Å². The molecular weight excluding hydrogens is 236 g/mol. The van der Waals surface area contributed by atoms with Gasteiger partial charge in [-0.05, 0) is 36.0 Å². The molecule has 0 bridgehead atoms. The molecule has 1 aliphatic rings. The van der Waals surface area contributed by atoms with Crippen LogP contribution in [0.4, 0.5) is 0 Å². The highest BCUT2D eigenvalue weighted by molar-refractivity contribution is 5.38. The standard InChI is InChI=1S/C17H18O2/c18-16(13-6-2-1-3-7-13)12-14-10-11-19-17-9-5-4-8-15(14)17/h1-9,14,16,18H,10-12H2. The minimum absolute atomic E-state index is 0.375. The fraction of sp³-hybridized carbons (Fsp3) is 0.294. The van der Waals surface area contributed by atoms with Crippen LogP contribution in [0.15, 0.2) is 54.6 Å². The molecule has 0 spiro atoms. The lowest BCUT2D eigenvalue weighted by atomic mass is 9.86. The second kappa shape index (κ2) is 5.45. The highest BCUT2D eigenvalue weighted by Crippen LogP contribution is 2.38. The number of hydrogen-bond acceptors (Lipinski definition) is 2. The average molecular weight is 254 g/mol. The third-order valence-electron chi connectivity index (χ3n) is 3.77. The Morgan fingerprint density at radius 3 is 2.63 bits per heavy atom. The molecule has 1 heterocycles. The summed E-state index contributed by atoms with van der Waals surface area (Å²) in [6.07, 6.45) is 1.32. The second-order valence-electron chi connectivity index (χ2n) is 5.03. The molecule has 2 atom stereocenters. The lowest BCUT2D eigenvalue weighted by molar-refractivity contribution is 0.145. The van der Waals surface area contributed by atoms with E-state index in [1.54, 1.807) is 0 Å². The molecule has 0 amide bonds. The predicted molar refractivity (Wildman–Crippen MR) is 75.3 cm³/mol. The first kappa shape index (κ1) is 12.2. The third-order valence-corrected chi connectivity index (χ3v) is 3.77. The van der Waals surface area contributed by atoms with Crippen LogP contribution < -0.4 is 4.74 Å². The molecule has 1 N–H and O–H groups in total. The van der Waals surface area contributed by atoms with Crippen molar-refractivity contribution < 1.29 is 9.84 Å². The molecule has 98 valence electrons. The van der Waals surface area contributed by atoms with E-state index in [4.69, 9.17) is 4.74 Å². The van der Waals surface area contributed by atoms with Gasteiger partial charge in [-0.1, -0.05) is 48.5 Å². The smallest absolute Gasteiger partial charge is 0.122 e. The number of aliphatic hydroxyl groups is 1. The topological polar surface area (TPSA) is 29.5 Å². The molecule has 2 nitrogen and oxygen atoms in total. The summed E-state index contributed by atoms with van der Waals surface area (Å²) in [5.41, 5.74) is 2.22. The Bertz CT molecular complexity index is 536. The summed E-state index contributed by atoms with van der Waals surface area (Å²) in [4.78, 5) is 0. The first-order valence-electron chi connectivity index (χ1n) is 6.79. The normalized spacial score (nSPS) is 19.3. The largest absolute Gasteiger partial charge is 0.493 e. The molecule has 2 heteroatoms. The zero-order valence-electron chi connectivity index (χ0n) is 10.8. The molecule has 2 unspecified atom stereocenters. The van der Waals surface area contributed by atoms with Gasteiger partial charge >= 0.3 is 0 Å². The molecule has 2 aromatic carbocycles. The Labute approximate surface area is 113 Å². The Balaban J connectivity index is 1.78. The van der Waals surface area contributed by atoms with E-state index < -0.39 is 6.10 Å². The van der Waals surface area contributed by atoms with Crippen LogP contribution in [0, 0.1) is 0 Å². The quantitative estimate of drug-likeness (QED) is 0.905. The number of fused-ring (bicyclic) bond motifs is 1. The highest BCUT2D eigenvalue weighted by atomic mass is 16.5. The van der Waals surface area contributed by atoms with Gasteiger partial charge in [-0.25, -0.2) is 0 Å². The Morgan fingerprint density at radius 1 is 1.05 bits per heavy atom. The Hall–Kier alpha value is -1.80. The first-order valence-corrected chi connectivity index (χ1v) is 6.79. The zero-order valence-corrected chi connectivity index (χ0v) is 10.8. The van der Waals surface area contributed by atoms with Crippen LogP contribution in [0.25, 0.3) is 0 Å². The van der Waals surface area contributed by atoms with Crippen LogP contribution in [0.2, 0.25) is 0 Å². The van der Waals surface area contributed by atoms with Crippen LogP contribution in [0.1, 0.15) is 36.0 Å². The first-order chi connectivity index (χ1) is 9.34. The molecule has 1 aliphatic heterocycles. The van der Waals surface area contributed by atoms with Crippen molar-refractivity contribution in [3.63, 3.8) is 0 Å². The lowest BCUT2D eigenvalue weighted by Gasteiger charge is -2.27. The van der Waals surface area contributed by atoms with Gasteiger partial charge in [-0.3, -0.25) is 0 Å². The predicted octanol–water partition coefficient (Wildman–Crippen LogP) is 3.68. The summed E-state index contributed by atoms with van der Waals surface area (Å²) >= 11 is 0. The molecule has 0 aliphatic carbocycles. The summed E-state index contributed by atoms with van der Waals surface area (Å²) in [6.45, 7) is 0.739. The van der Waals surface area contributed by atoms with Crippen molar-refractivity contribution in [1.82, 2.24) is 0 Å². The van der Waals surface area contributed by atoms with E-state index in [2.05, 4.69) is 6.07 Å². The molecule has 0 radical (unpaired) electrons. The van der Waals surface area contributed by atoms with Gasteiger partial charge in [0.1, 0.15) is 5.75 Å². The molecule has 0 fully saturated rings. The van der Waals surface area contributed by atoms with Crippen molar-refractivity contribution >= 4 is 0 Å². The maximum atomic E-state index is 10.4. The summed E-state index contributed by atoms with van der Waals surface area (Å²) < 4.78 is 5.66. The van der Waals surface area contributed by atoms with Crippen molar-refractivity contribution in [2.45, 2.75) is 24.9 Å². The zero-order chi connectivity index (χ0) is 13.1. The molecule has 0 aromatic heterocycles. The fourth-order valence-corrected chi connectivity index (χ4v) is 2.74. The molecule has 0 saturated carbocycles. The molecular formula is C17H18O2. The SMILES string of the molecule is OC(CC1CCOc2ccccc21)c1ccccc1. The molecule has 0 saturated heterocycles. The van der Waals surface area contributed by atoms with Gasteiger partial charge < -0.3 is 9.84 Å². The number of rotatable bonds is 3. The van der Waals surface area contributed by atoms with Crippen molar-refractivity contribution in [1.29, 1.82) is 0 Å². The molecule has 3 rings (SSSR count). The van der Waals surface area contributed by atoms with Crippen LogP contribution in [0.3, 0.4) is 0 Å². The minimum atomic E-state index is -0.405. The van der Waals surface area contributed by atoms with Gasteiger partial charge in [0.15, 0.2) is 0 Å². The maximum absolute atomic E-state index is 10.4. The maximum Gasteiger partial charge on any atom is 0.122 e. The number of para-hydroxylation sites is 1. The summed E-state index contributed by atoms with van der Waals surface area (Å²) in [7, 11) is 0. The van der Waals surface area contributed by atoms with Crippen molar-refractivity contribution in [3.05, 3.63) is 65.7 Å². The fourth-order valence-electron chi connectivity index (χ4n) is 2.74. The van der Waals surface area contributed by atoms with E-state index in [0.717, 1.165) is 30.8 Å². The van der Waals surface area contributed by atoms with Gasteiger partial charge in [0, 0.05) is 0 Å².